The molecule has 0 fully saturated rings. The molecule has 84 valence electrons. The van der Waals surface area contributed by atoms with Gasteiger partial charge in [0.1, 0.15) is 5.82 Å². The molecule has 15 heavy (non-hydrogen) atoms. The molecule has 4 N–H and O–H groups in total. The van der Waals surface area contributed by atoms with Gasteiger partial charge in [-0.2, -0.15) is 16.7 Å². The number of aromatic nitrogens is 2. The van der Waals surface area contributed by atoms with E-state index in [0.717, 1.165) is 30.3 Å². The predicted octanol–water partition coefficient (Wildman–Crippen LogP) is 0.586. The Labute approximate surface area is 93.5 Å². The number of aliphatic hydroxyl groups is 1. The van der Waals surface area contributed by atoms with Crippen molar-refractivity contribution < 1.29 is 5.11 Å². The Kier molecular flexibility index (Phi) is 5.87. The number of aliphatic hydroxyl groups excluding tert-OH is 1. The molecule has 5 nitrogen and oxygen atoms in total. The zero-order valence-corrected chi connectivity index (χ0v) is 9.33. The minimum atomic E-state index is 0.267. The number of hydrogen-bond donors (Lipinski definition) is 3. The zero-order chi connectivity index (χ0) is 10.9. The van der Waals surface area contributed by atoms with Crippen LogP contribution in [-0.2, 0) is 0 Å². The first-order valence-electron chi connectivity index (χ1n) is 4.84. The van der Waals surface area contributed by atoms with Crippen molar-refractivity contribution in [2.45, 2.75) is 6.42 Å². The summed E-state index contributed by atoms with van der Waals surface area (Å²) in [6, 6.07) is 1.79. The molecule has 0 unspecified atom stereocenters. The summed E-state index contributed by atoms with van der Waals surface area (Å²) in [4.78, 5) is 7.82. The molecule has 6 heteroatoms. The lowest BCUT2D eigenvalue weighted by Gasteiger charge is -2.04. The Morgan fingerprint density at radius 3 is 3.07 bits per heavy atom. The van der Waals surface area contributed by atoms with Gasteiger partial charge < -0.3 is 16.2 Å². The van der Waals surface area contributed by atoms with Gasteiger partial charge in [-0.05, 0) is 18.2 Å². The quantitative estimate of drug-likeness (QED) is 0.592. The number of nitrogens with one attached hydrogen (secondary N) is 1. The van der Waals surface area contributed by atoms with Crippen molar-refractivity contribution in [1.82, 2.24) is 9.97 Å². The molecule has 1 heterocycles. The van der Waals surface area contributed by atoms with E-state index < -0.39 is 0 Å². The number of hydrogen-bond acceptors (Lipinski definition) is 6. The van der Waals surface area contributed by atoms with E-state index in [1.54, 1.807) is 24.0 Å². The first-order valence-corrected chi connectivity index (χ1v) is 5.99. The van der Waals surface area contributed by atoms with Gasteiger partial charge in [0.05, 0.1) is 0 Å². The van der Waals surface area contributed by atoms with Gasteiger partial charge >= 0.3 is 0 Å². The molecule has 0 atom stereocenters. The number of nitrogens with zero attached hydrogens (tertiary/aromatic N) is 2. The lowest BCUT2D eigenvalue weighted by atomic mass is 10.5. The van der Waals surface area contributed by atoms with E-state index in [4.69, 9.17) is 10.8 Å². The Hall–Kier alpha value is -1.01. The fourth-order valence-electron chi connectivity index (χ4n) is 0.992. The fraction of sp³-hybridized carbons (Fsp3) is 0.556. The van der Waals surface area contributed by atoms with Gasteiger partial charge in [-0.3, -0.25) is 0 Å². The topological polar surface area (TPSA) is 84.1 Å². The highest BCUT2D eigenvalue weighted by atomic mass is 32.2. The molecule has 0 aliphatic carbocycles. The molecule has 1 aromatic rings. The fourth-order valence-corrected chi connectivity index (χ4v) is 1.78. The Balaban J connectivity index is 2.10. The van der Waals surface area contributed by atoms with Crippen molar-refractivity contribution >= 4 is 23.5 Å². The van der Waals surface area contributed by atoms with Gasteiger partial charge in [-0.25, -0.2) is 4.98 Å². The average molecular weight is 228 g/mol. The molecule has 0 aromatic carbocycles. The van der Waals surface area contributed by atoms with Crippen molar-refractivity contribution in [3.8, 4) is 0 Å². The number of nitrogen functional groups attached to an aromatic ring is 1. The van der Waals surface area contributed by atoms with Crippen molar-refractivity contribution in [3.63, 3.8) is 0 Å². The SMILES string of the molecule is Nc1nccc(NCCSCCCO)n1. The van der Waals surface area contributed by atoms with Crippen LogP contribution < -0.4 is 11.1 Å². The predicted molar refractivity (Wildman–Crippen MR) is 64.0 cm³/mol. The maximum Gasteiger partial charge on any atom is 0.221 e. The van der Waals surface area contributed by atoms with Gasteiger partial charge in [0.15, 0.2) is 0 Å². The van der Waals surface area contributed by atoms with Gasteiger partial charge in [0.2, 0.25) is 5.95 Å². The molecule has 0 aliphatic heterocycles. The first-order chi connectivity index (χ1) is 7.33. The second-order valence-electron chi connectivity index (χ2n) is 2.92. The molecular weight excluding hydrogens is 212 g/mol. The molecule has 0 amide bonds. The van der Waals surface area contributed by atoms with Crippen LogP contribution >= 0.6 is 11.8 Å². The summed E-state index contributed by atoms with van der Waals surface area (Å²) in [5.41, 5.74) is 5.43. The van der Waals surface area contributed by atoms with Crippen LogP contribution in [0.25, 0.3) is 0 Å². The van der Waals surface area contributed by atoms with Crippen LogP contribution in [0.5, 0.6) is 0 Å². The summed E-state index contributed by atoms with van der Waals surface area (Å²) in [6.07, 6.45) is 2.48. The maximum absolute atomic E-state index is 8.57. The molecular formula is C9H16N4OS. The molecule has 0 saturated carbocycles. The highest BCUT2D eigenvalue weighted by Crippen LogP contribution is 2.05. The van der Waals surface area contributed by atoms with E-state index in [1.807, 2.05) is 0 Å². The normalized spacial score (nSPS) is 10.2. The number of anilines is 2. The smallest absolute Gasteiger partial charge is 0.221 e. The van der Waals surface area contributed by atoms with Crippen molar-refractivity contribution in [3.05, 3.63) is 12.3 Å². The lowest BCUT2D eigenvalue weighted by Crippen LogP contribution is -2.07. The molecule has 0 bridgehead atoms. The van der Waals surface area contributed by atoms with Gasteiger partial charge in [0, 0.05) is 25.1 Å². The summed E-state index contributed by atoms with van der Waals surface area (Å²) in [7, 11) is 0. The third-order valence-corrected chi connectivity index (χ3v) is 2.74. The summed E-state index contributed by atoms with van der Waals surface area (Å²) >= 11 is 1.80. The van der Waals surface area contributed by atoms with Crippen LogP contribution in [0.15, 0.2) is 12.3 Å². The number of nitrogens with two attached hydrogens (primary N) is 1. The third kappa shape index (κ3) is 5.44. The summed E-state index contributed by atoms with van der Waals surface area (Å²) in [5.74, 6) is 3.02. The first kappa shape index (κ1) is 12.1. The van der Waals surface area contributed by atoms with E-state index in [1.165, 1.54) is 0 Å². The minimum Gasteiger partial charge on any atom is -0.396 e. The Bertz CT molecular complexity index is 285. The largest absolute Gasteiger partial charge is 0.396 e. The van der Waals surface area contributed by atoms with Crippen LogP contribution in [0, 0.1) is 0 Å². The summed E-state index contributed by atoms with van der Waals surface area (Å²) in [5, 5.41) is 11.7. The zero-order valence-electron chi connectivity index (χ0n) is 8.52. The number of rotatable bonds is 7. The molecule has 0 saturated heterocycles. The molecule has 1 rings (SSSR count). The summed E-state index contributed by atoms with van der Waals surface area (Å²) in [6.45, 7) is 1.11. The average Bonchev–Trinajstić information content (AvgIpc) is 2.23. The van der Waals surface area contributed by atoms with Crippen molar-refractivity contribution in [2.24, 2.45) is 0 Å². The van der Waals surface area contributed by atoms with Crippen LogP contribution in [-0.4, -0.2) is 39.7 Å². The van der Waals surface area contributed by atoms with E-state index in [0.29, 0.717) is 0 Å². The van der Waals surface area contributed by atoms with Gasteiger partial charge in [-0.15, -0.1) is 0 Å². The standard InChI is InChI=1S/C9H16N4OS/c10-9-12-3-2-8(13-9)11-4-7-15-6-1-5-14/h2-3,14H,1,4-7H2,(H3,10,11,12,13). The molecule has 0 aliphatic rings. The van der Waals surface area contributed by atoms with Gasteiger partial charge in [0.25, 0.3) is 0 Å². The van der Waals surface area contributed by atoms with Crippen molar-refractivity contribution in [1.29, 1.82) is 0 Å². The second-order valence-corrected chi connectivity index (χ2v) is 4.14. The lowest BCUT2D eigenvalue weighted by molar-refractivity contribution is 0.296. The summed E-state index contributed by atoms with van der Waals surface area (Å²) < 4.78 is 0. The van der Waals surface area contributed by atoms with Crippen LogP contribution in [0.2, 0.25) is 0 Å². The molecule has 0 spiro atoms. The van der Waals surface area contributed by atoms with E-state index >= 15 is 0 Å². The molecule has 1 aromatic heterocycles. The van der Waals surface area contributed by atoms with E-state index in [2.05, 4.69) is 15.3 Å². The highest BCUT2D eigenvalue weighted by Gasteiger charge is 1.94. The second kappa shape index (κ2) is 7.30. The third-order valence-electron chi connectivity index (χ3n) is 1.67. The van der Waals surface area contributed by atoms with Crippen molar-refractivity contribution in [2.75, 3.05) is 35.7 Å². The van der Waals surface area contributed by atoms with E-state index in [-0.39, 0.29) is 12.6 Å². The monoisotopic (exact) mass is 228 g/mol. The maximum atomic E-state index is 8.57. The van der Waals surface area contributed by atoms with Gasteiger partial charge in [-0.1, -0.05) is 0 Å². The minimum absolute atomic E-state index is 0.267. The molecule has 0 radical (unpaired) electrons. The Morgan fingerprint density at radius 2 is 2.33 bits per heavy atom. The van der Waals surface area contributed by atoms with Crippen LogP contribution in [0.1, 0.15) is 6.42 Å². The van der Waals surface area contributed by atoms with E-state index in [9.17, 15) is 0 Å². The number of thioether (sulfide) groups is 1. The van der Waals surface area contributed by atoms with Crippen LogP contribution in [0.4, 0.5) is 11.8 Å². The highest BCUT2D eigenvalue weighted by molar-refractivity contribution is 7.99. The van der Waals surface area contributed by atoms with Crippen LogP contribution in [0.3, 0.4) is 0 Å². The Morgan fingerprint density at radius 1 is 1.47 bits per heavy atom.